The summed E-state index contributed by atoms with van der Waals surface area (Å²) in [6.07, 6.45) is 6.76. The van der Waals surface area contributed by atoms with Gasteiger partial charge >= 0.3 is 0 Å². The Hall–Kier alpha value is -3.32. The normalized spacial score (nSPS) is 17.9. The van der Waals surface area contributed by atoms with E-state index >= 15 is 0 Å². The van der Waals surface area contributed by atoms with Crippen LogP contribution in [0.25, 0.3) is 10.9 Å². The van der Waals surface area contributed by atoms with Crippen LogP contribution < -0.4 is 5.32 Å². The fourth-order valence-electron chi connectivity index (χ4n) is 4.77. The van der Waals surface area contributed by atoms with Crippen LogP contribution in [0.3, 0.4) is 0 Å². The maximum Gasteiger partial charge on any atom is 0.0988 e. The molecule has 5 rings (SSSR count). The molecule has 1 aromatic carbocycles. The molecule has 0 radical (unpaired) electrons. The number of aromatic nitrogens is 2. The van der Waals surface area contributed by atoms with Crippen molar-refractivity contribution in [3.05, 3.63) is 59.5 Å². The summed E-state index contributed by atoms with van der Waals surface area (Å²) in [4.78, 5) is 4.44. The Bertz CT molecular complexity index is 1300. The summed E-state index contributed by atoms with van der Waals surface area (Å²) in [6, 6.07) is 15.2. The van der Waals surface area contributed by atoms with Crippen molar-refractivity contribution < 1.29 is 9.47 Å². The molecule has 2 fully saturated rings. The smallest absolute Gasteiger partial charge is 0.0988 e. The van der Waals surface area contributed by atoms with Crippen molar-refractivity contribution in [1.29, 1.82) is 5.26 Å². The van der Waals surface area contributed by atoms with Gasteiger partial charge in [-0.25, -0.2) is 0 Å². The molecule has 6 heteroatoms. The van der Waals surface area contributed by atoms with Crippen LogP contribution in [-0.4, -0.2) is 42.0 Å². The summed E-state index contributed by atoms with van der Waals surface area (Å²) in [5.74, 6) is 7.42. The van der Waals surface area contributed by atoms with Crippen molar-refractivity contribution >= 4 is 16.6 Å². The first-order valence-corrected chi connectivity index (χ1v) is 12.9. The lowest BCUT2D eigenvalue weighted by molar-refractivity contribution is 0.0640. The number of aryl methyl sites for hydroxylation is 1. The molecular formula is C30H34N4O2. The molecule has 186 valence electrons. The number of benzene rings is 1. The quantitative estimate of drug-likeness (QED) is 0.359. The van der Waals surface area contributed by atoms with Crippen molar-refractivity contribution in [2.24, 2.45) is 5.92 Å². The van der Waals surface area contributed by atoms with Gasteiger partial charge in [0.25, 0.3) is 0 Å². The molecule has 1 atom stereocenters. The number of anilines is 1. The van der Waals surface area contributed by atoms with E-state index in [2.05, 4.69) is 57.0 Å². The summed E-state index contributed by atoms with van der Waals surface area (Å²) in [5.41, 5.74) is 4.70. The van der Waals surface area contributed by atoms with Crippen molar-refractivity contribution in [2.45, 2.75) is 57.6 Å². The number of ether oxygens (including phenoxy) is 2. The number of hydrogen-bond acceptors (Lipinski definition) is 5. The monoisotopic (exact) mass is 482 g/mol. The molecule has 4 heterocycles. The van der Waals surface area contributed by atoms with E-state index in [-0.39, 0.29) is 6.10 Å². The van der Waals surface area contributed by atoms with Crippen LogP contribution in [0.2, 0.25) is 0 Å². The van der Waals surface area contributed by atoms with E-state index in [1.54, 1.807) is 6.20 Å². The van der Waals surface area contributed by atoms with Gasteiger partial charge in [0.2, 0.25) is 0 Å². The van der Waals surface area contributed by atoms with E-state index in [0.717, 1.165) is 55.8 Å². The number of nitrogens with zero attached hydrogens (tertiary/aromatic N) is 3. The van der Waals surface area contributed by atoms with Gasteiger partial charge in [-0.2, -0.15) is 5.26 Å². The molecule has 3 aromatic rings. The number of nitriles is 1. The third kappa shape index (κ3) is 5.90. The average molecular weight is 483 g/mol. The fourth-order valence-corrected chi connectivity index (χ4v) is 4.77. The lowest BCUT2D eigenvalue weighted by Gasteiger charge is -2.21. The van der Waals surface area contributed by atoms with Crippen LogP contribution in [0.5, 0.6) is 0 Å². The maximum absolute atomic E-state index is 9.29. The highest BCUT2D eigenvalue weighted by Crippen LogP contribution is 2.26. The molecule has 2 aliphatic heterocycles. The molecular weight excluding hydrogens is 448 g/mol. The predicted molar refractivity (Wildman–Crippen MR) is 142 cm³/mol. The van der Waals surface area contributed by atoms with Crippen LogP contribution in [0.15, 0.2) is 42.6 Å². The maximum atomic E-state index is 9.29. The second-order valence-electron chi connectivity index (χ2n) is 10.4. The number of pyridine rings is 1. The van der Waals surface area contributed by atoms with Crippen molar-refractivity contribution in [3.63, 3.8) is 0 Å². The second-order valence-corrected chi connectivity index (χ2v) is 10.4. The van der Waals surface area contributed by atoms with Gasteiger partial charge in [-0.05, 0) is 87.3 Å². The lowest BCUT2D eigenvalue weighted by Crippen LogP contribution is -2.16. The number of rotatable bonds is 8. The van der Waals surface area contributed by atoms with Crippen LogP contribution in [0, 0.1) is 29.1 Å². The molecule has 36 heavy (non-hydrogen) atoms. The summed E-state index contributed by atoms with van der Waals surface area (Å²) in [5, 5.41) is 13.9. The highest BCUT2D eigenvalue weighted by atomic mass is 16.6. The first-order chi connectivity index (χ1) is 17.5. The van der Waals surface area contributed by atoms with Gasteiger partial charge in [-0.15, -0.1) is 0 Å². The first kappa shape index (κ1) is 24.4. The van der Waals surface area contributed by atoms with Gasteiger partial charge < -0.3 is 19.4 Å². The zero-order valence-corrected chi connectivity index (χ0v) is 21.2. The zero-order chi connectivity index (χ0) is 25.0. The third-order valence-corrected chi connectivity index (χ3v) is 7.22. The summed E-state index contributed by atoms with van der Waals surface area (Å²) >= 11 is 0. The highest BCUT2D eigenvalue weighted by molar-refractivity contribution is 5.83. The van der Waals surface area contributed by atoms with E-state index in [9.17, 15) is 5.26 Å². The summed E-state index contributed by atoms with van der Waals surface area (Å²) in [6.45, 7) is 7.73. The van der Waals surface area contributed by atoms with E-state index in [1.165, 1.54) is 35.7 Å². The van der Waals surface area contributed by atoms with E-state index in [0.29, 0.717) is 6.54 Å². The van der Waals surface area contributed by atoms with Gasteiger partial charge in [0.1, 0.15) is 0 Å². The molecule has 1 unspecified atom stereocenters. The molecule has 0 amide bonds. The molecule has 1 N–H and O–H groups in total. The molecule has 0 aliphatic carbocycles. The fraction of sp³-hybridized carbons (Fsp3) is 0.467. The molecule has 0 saturated carbocycles. The minimum atomic E-state index is -0.596. The topological polar surface area (TPSA) is 75.4 Å². The third-order valence-electron chi connectivity index (χ3n) is 7.22. The molecule has 0 bridgehead atoms. The van der Waals surface area contributed by atoms with Gasteiger partial charge in [0.05, 0.1) is 60.6 Å². The number of nitrogens with one attached hydrogen (secondary N) is 1. The average Bonchev–Trinajstić information content (AvgIpc) is 3.67. The molecule has 6 nitrogen and oxygen atoms in total. The van der Waals surface area contributed by atoms with Crippen LogP contribution in [0.1, 0.15) is 50.1 Å². The molecule has 2 aliphatic rings. The first-order valence-electron chi connectivity index (χ1n) is 12.9. The van der Waals surface area contributed by atoms with E-state index in [1.807, 2.05) is 26.0 Å². The Balaban J connectivity index is 1.27. The number of epoxide rings is 1. The number of fused-ring (bicyclic) bond motifs is 1. The van der Waals surface area contributed by atoms with Crippen LogP contribution in [-0.2, 0) is 27.9 Å². The van der Waals surface area contributed by atoms with Gasteiger partial charge in [-0.3, -0.25) is 4.98 Å². The highest BCUT2D eigenvalue weighted by Gasteiger charge is 2.25. The van der Waals surface area contributed by atoms with Crippen molar-refractivity contribution in [3.8, 4) is 17.9 Å². The van der Waals surface area contributed by atoms with Crippen LogP contribution in [0.4, 0.5) is 5.69 Å². The summed E-state index contributed by atoms with van der Waals surface area (Å²) < 4.78 is 13.3. The predicted octanol–water partition coefficient (Wildman–Crippen LogP) is 5.06. The Morgan fingerprint density at radius 3 is 2.72 bits per heavy atom. The Kier molecular flexibility index (Phi) is 7.28. The Morgan fingerprint density at radius 2 is 2.00 bits per heavy atom. The SMILES string of the molecule is CC(C)(C#N)c1ccc(NCC#Cc2cc3cc(CCC4CCOCC4)ccc3n2CC2CO2)cn1. The zero-order valence-electron chi connectivity index (χ0n) is 21.2. The van der Waals surface area contributed by atoms with Gasteiger partial charge in [-0.1, -0.05) is 12.0 Å². The minimum Gasteiger partial charge on any atom is -0.381 e. The van der Waals surface area contributed by atoms with Crippen molar-refractivity contribution in [1.82, 2.24) is 9.55 Å². The Labute approximate surface area is 213 Å². The van der Waals surface area contributed by atoms with Gasteiger partial charge in [0.15, 0.2) is 0 Å². The standard InChI is InChI=1S/C30H34N4O2/c1-30(2,21-31)29-10-8-25(18-33-29)32-13-3-4-26-17-24-16-23(6-5-22-11-14-35-15-12-22)7-9-28(24)34(26)19-27-20-36-27/h7-10,16-18,22,27,32H,5-6,11-15,19-20H2,1-2H3. The molecule has 0 spiro atoms. The van der Waals surface area contributed by atoms with E-state index in [4.69, 9.17) is 9.47 Å². The Morgan fingerprint density at radius 1 is 1.17 bits per heavy atom. The molecule has 2 saturated heterocycles. The van der Waals surface area contributed by atoms with E-state index < -0.39 is 5.41 Å². The minimum absolute atomic E-state index is 0.287. The van der Waals surface area contributed by atoms with Gasteiger partial charge in [0, 0.05) is 24.1 Å². The lowest BCUT2D eigenvalue weighted by atomic mass is 9.91. The number of hydrogen-bond donors (Lipinski definition) is 1. The second kappa shape index (κ2) is 10.7. The summed E-state index contributed by atoms with van der Waals surface area (Å²) in [7, 11) is 0. The largest absolute Gasteiger partial charge is 0.381 e. The van der Waals surface area contributed by atoms with Crippen LogP contribution >= 0.6 is 0 Å². The van der Waals surface area contributed by atoms with Crippen molar-refractivity contribution in [2.75, 3.05) is 31.7 Å². The molecule has 2 aromatic heterocycles.